The molecule has 54 heavy (non-hydrogen) atoms. The number of aromatic nitrogens is 4. The molecule has 6 heteroatoms. The molecule has 0 N–H and O–H groups in total. The average Bonchev–Trinajstić information content (AvgIpc) is 3.74. The average molecular weight is 880 g/mol. The number of ether oxygens (including phenoxy) is 1. The van der Waals surface area contributed by atoms with Gasteiger partial charge in [0.2, 0.25) is 0 Å². The zero-order valence-electron chi connectivity index (χ0n) is 30.4. The van der Waals surface area contributed by atoms with Gasteiger partial charge in [-0.25, -0.2) is 4.98 Å². The normalized spacial score (nSPS) is 11.2. The number of fused-ring (bicyclic) bond motifs is 3. The van der Waals surface area contributed by atoms with E-state index in [0.717, 1.165) is 67.0 Å². The Kier molecular flexibility index (Phi) is 9.35. The van der Waals surface area contributed by atoms with E-state index in [-0.39, 0.29) is 21.1 Å². The number of rotatable bonds is 7. The molecule has 0 spiro atoms. The van der Waals surface area contributed by atoms with E-state index in [1.807, 2.05) is 53.3 Å². The maximum atomic E-state index is 6.58. The standard InChI is InChI=1S/C48H36N4O.Pt/c1-31-26-27-49-44(28-31)51-42-21-12-11-20-40(42)41-25-24-39(30-43(41)51)53-38-19-13-18-37(29-38)52-48(36-16-9-6-10-17-36)46(45-33(3)23-22-32(2)34(45)4)47(50-52)35-14-7-5-8-15-35;/h5-28H,1-4H3;/q-2;+2. The van der Waals surface area contributed by atoms with Gasteiger partial charge in [-0.2, -0.15) is 17.2 Å². The first kappa shape index (κ1) is 35.0. The Morgan fingerprint density at radius 2 is 1.30 bits per heavy atom. The van der Waals surface area contributed by atoms with Crippen molar-refractivity contribution in [2.45, 2.75) is 27.7 Å². The van der Waals surface area contributed by atoms with Crippen molar-refractivity contribution >= 4 is 21.8 Å². The van der Waals surface area contributed by atoms with E-state index in [1.54, 1.807) is 0 Å². The number of benzene rings is 6. The summed E-state index contributed by atoms with van der Waals surface area (Å²) in [7, 11) is 0. The summed E-state index contributed by atoms with van der Waals surface area (Å²) in [5.74, 6) is 1.99. The fourth-order valence-electron chi connectivity index (χ4n) is 7.38. The van der Waals surface area contributed by atoms with Crippen LogP contribution in [0.3, 0.4) is 0 Å². The van der Waals surface area contributed by atoms with Crippen molar-refractivity contribution < 1.29 is 25.8 Å². The number of hydrogen-bond acceptors (Lipinski definition) is 3. The molecule has 9 rings (SSSR count). The van der Waals surface area contributed by atoms with E-state index in [0.29, 0.717) is 11.5 Å². The van der Waals surface area contributed by atoms with Gasteiger partial charge in [0.05, 0.1) is 5.69 Å². The van der Waals surface area contributed by atoms with Gasteiger partial charge >= 0.3 is 21.1 Å². The molecule has 0 radical (unpaired) electrons. The Morgan fingerprint density at radius 1 is 0.593 bits per heavy atom. The number of pyridine rings is 1. The SMILES string of the molecule is Cc1ccnc(-n2c3[c-]c(Oc4[c-]c(-n5nc(-c6ccccc6)c(-c6c(C)ccc(C)c6C)c5-c5ccccc5)ccc4)ccc3c3ccccc32)c1.[Pt+2]. The van der Waals surface area contributed by atoms with Crippen LogP contribution in [0.2, 0.25) is 0 Å². The molecule has 0 amide bonds. The van der Waals surface area contributed by atoms with Crippen molar-refractivity contribution in [2.24, 2.45) is 0 Å². The van der Waals surface area contributed by atoms with Crippen molar-refractivity contribution in [2.75, 3.05) is 0 Å². The molecule has 0 aliphatic rings. The van der Waals surface area contributed by atoms with Gasteiger partial charge in [0.1, 0.15) is 11.5 Å². The van der Waals surface area contributed by atoms with Crippen LogP contribution in [0.5, 0.6) is 11.5 Å². The molecule has 0 aliphatic heterocycles. The van der Waals surface area contributed by atoms with Crippen molar-refractivity contribution in [1.29, 1.82) is 0 Å². The third-order valence-electron chi connectivity index (χ3n) is 10.1. The second-order valence-electron chi connectivity index (χ2n) is 13.5. The third-order valence-corrected chi connectivity index (χ3v) is 10.1. The van der Waals surface area contributed by atoms with Crippen LogP contribution < -0.4 is 4.74 Å². The van der Waals surface area contributed by atoms with Gasteiger partial charge in [0.15, 0.2) is 0 Å². The summed E-state index contributed by atoms with van der Waals surface area (Å²) >= 11 is 0. The maximum Gasteiger partial charge on any atom is 2.00 e. The molecule has 0 atom stereocenters. The molecule has 0 fully saturated rings. The Hall–Kier alpha value is -6.03. The Morgan fingerprint density at radius 3 is 2.07 bits per heavy atom. The minimum atomic E-state index is 0. The van der Waals surface area contributed by atoms with Gasteiger partial charge in [-0.05, 0) is 84.8 Å². The summed E-state index contributed by atoms with van der Waals surface area (Å²) in [6.45, 7) is 8.65. The van der Waals surface area contributed by atoms with E-state index in [4.69, 9.17) is 14.8 Å². The van der Waals surface area contributed by atoms with Crippen LogP contribution in [0.1, 0.15) is 22.3 Å². The van der Waals surface area contributed by atoms with Gasteiger partial charge in [-0.15, -0.1) is 35.7 Å². The van der Waals surface area contributed by atoms with Crippen LogP contribution in [-0.2, 0) is 21.1 Å². The number of hydrogen-bond donors (Lipinski definition) is 0. The summed E-state index contributed by atoms with van der Waals surface area (Å²) in [6.07, 6.45) is 1.85. The molecular formula is C48H36N4OPt. The number of para-hydroxylation sites is 1. The quantitative estimate of drug-likeness (QED) is 0.150. The largest absolute Gasteiger partial charge is 2.00 e. The van der Waals surface area contributed by atoms with Crippen LogP contribution in [0.15, 0.2) is 146 Å². The third kappa shape index (κ3) is 6.15. The van der Waals surface area contributed by atoms with Gasteiger partial charge < -0.3 is 9.30 Å². The molecule has 0 saturated carbocycles. The zero-order valence-corrected chi connectivity index (χ0v) is 32.6. The fraction of sp³-hybridized carbons (Fsp3) is 0.0833. The monoisotopic (exact) mass is 879 g/mol. The molecule has 264 valence electrons. The van der Waals surface area contributed by atoms with E-state index in [2.05, 4.69) is 141 Å². The van der Waals surface area contributed by atoms with Gasteiger partial charge in [-0.1, -0.05) is 96.5 Å². The van der Waals surface area contributed by atoms with E-state index in [9.17, 15) is 0 Å². The molecule has 3 aromatic heterocycles. The van der Waals surface area contributed by atoms with Crippen molar-refractivity contribution in [3.63, 3.8) is 0 Å². The molecule has 0 aliphatic carbocycles. The second-order valence-corrected chi connectivity index (χ2v) is 13.5. The first-order valence-corrected chi connectivity index (χ1v) is 17.8. The minimum Gasteiger partial charge on any atom is -0.509 e. The number of nitrogens with zero attached hydrogens (tertiary/aromatic N) is 4. The van der Waals surface area contributed by atoms with E-state index in [1.165, 1.54) is 22.3 Å². The van der Waals surface area contributed by atoms with Gasteiger partial charge in [0.25, 0.3) is 0 Å². The van der Waals surface area contributed by atoms with Crippen LogP contribution in [0.4, 0.5) is 0 Å². The molecular weight excluding hydrogens is 844 g/mol. The van der Waals surface area contributed by atoms with Crippen LogP contribution in [-0.4, -0.2) is 19.3 Å². The zero-order chi connectivity index (χ0) is 36.1. The smallest absolute Gasteiger partial charge is 0.509 e. The second kappa shape index (κ2) is 14.4. The molecule has 0 unspecified atom stereocenters. The summed E-state index contributed by atoms with van der Waals surface area (Å²) in [5.41, 5.74) is 13.9. The van der Waals surface area contributed by atoms with Crippen LogP contribution >= 0.6 is 0 Å². The van der Waals surface area contributed by atoms with E-state index < -0.39 is 0 Å². The van der Waals surface area contributed by atoms with Gasteiger partial charge in [-0.3, -0.25) is 4.68 Å². The fourth-order valence-corrected chi connectivity index (χ4v) is 7.38. The predicted molar refractivity (Wildman–Crippen MR) is 215 cm³/mol. The molecule has 9 aromatic rings. The summed E-state index contributed by atoms with van der Waals surface area (Å²) in [4.78, 5) is 4.73. The Labute approximate surface area is 329 Å². The Bertz CT molecular complexity index is 2800. The molecule has 0 bridgehead atoms. The molecule has 5 nitrogen and oxygen atoms in total. The first-order chi connectivity index (χ1) is 25.9. The summed E-state index contributed by atoms with van der Waals surface area (Å²) in [6, 6.07) is 55.0. The first-order valence-electron chi connectivity index (χ1n) is 17.8. The van der Waals surface area contributed by atoms with Crippen LogP contribution in [0.25, 0.3) is 67.0 Å². The van der Waals surface area contributed by atoms with Crippen LogP contribution in [0, 0.1) is 39.8 Å². The van der Waals surface area contributed by atoms with E-state index >= 15 is 0 Å². The molecule has 0 saturated heterocycles. The molecule has 3 heterocycles. The minimum absolute atomic E-state index is 0. The molecule has 6 aromatic carbocycles. The summed E-state index contributed by atoms with van der Waals surface area (Å²) in [5, 5.41) is 7.61. The van der Waals surface area contributed by atoms with Crippen molar-refractivity contribution in [3.05, 3.63) is 180 Å². The predicted octanol–water partition coefficient (Wildman–Crippen LogP) is 12.0. The number of aryl methyl sites for hydroxylation is 3. The summed E-state index contributed by atoms with van der Waals surface area (Å²) < 4.78 is 10.8. The topological polar surface area (TPSA) is 44.9 Å². The van der Waals surface area contributed by atoms with Crippen molar-refractivity contribution in [1.82, 2.24) is 19.3 Å². The maximum absolute atomic E-state index is 6.58. The van der Waals surface area contributed by atoms with Crippen molar-refractivity contribution in [3.8, 4) is 56.6 Å². The van der Waals surface area contributed by atoms with Gasteiger partial charge in [0, 0.05) is 39.9 Å². The Balaban J connectivity index is 0.00000413.